The zero-order valence-electron chi connectivity index (χ0n) is 7.90. The minimum atomic E-state index is 0.820. The van der Waals surface area contributed by atoms with Gasteiger partial charge in [0, 0.05) is 18.8 Å². The highest BCUT2D eigenvalue weighted by Crippen LogP contribution is 2.05. The van der Waals surface area contributed by atoms with E-state index in [4.69, 9.17) is 0 Å². The molecule has 0 atom stereocenters. The molecular formula is C9H22N2+2. The number of quaternary nitrogens is 2. The summed E-state index contributed by atoms with van der Waals surface area (Å²) in [6, 6.07) is 0.820. The molecule has 0 saturated carbocycles. The zero-order valence-corrected chi connectivity index (χ0v) is 7.90. The molecule has 2 heteroatoms. The fourth-order valence-corrected chi connectivity index (χ4v) is 1.91. The van der Waals surface area contributed by atoms with Crippen molar-refractivity contribution in [3.05, 3.63) is 0 Å². The third kappa shape index (κ3) is 2.46. The molecular weight excluding hydrogens is 136 g/mol. The van der Waals surface area contributed by atoms with Crippen LogP contribution in [-0.2, 0) is 0 Å². The van der Waals surface area contributed by atoms with Gasteiger partial charge in [-0.2, -0.15) is 0 Å². The number of hydrogen-bond acceptors (Lipinski definition) is 0. The van der Waals surface area contributed by atoms with Gasteiger partial charge in [0.15, 0.2) is 0 Å². The largest absolute Gasteiger partial charge is 0.357 e. The van der Waals surface area contributed by atoms with Crippen molar-refractivity contribution in [3.8, 4) is 0 Å². The van der Waals surface area contributed by atoms with Gasteiger partial charge >= 0.3 is 0 Å². The summed E-state index contributed by atoms with van der Waals surface area (Å²) in [5.41, 5.74) is 3.97. The normalized spacial score (nSPS) is 32.7. The van der Waals surface area contributed by atoms with Gasteiger partial charge in [0.1, 0.15) is 0 Å². The molecule has 0 amide bonds. The first-order chi connectivity index (χ1) is 5.24. The van der Waals surface area contributed by atoms with Crippen molar-refractivity contribution >= 4 is 0 Å². The van der Waals surface area contributed by atoms with Crippen molar-refractivity contribution in [1.29, 1.82) is 0 Å². The molecule has 0 unspecified atom stereocenters. The summed E-state index contributed by atoms with van der Waals surface area (Å²) >= 11 is 0. The number of hydrogen-bond donors (Lipinski definition) is 2. The van der Waals surface area contributed by atoms with Crippen LogP contribution in [0.3, 0.4) is 0 Å². The number of piperidine rings is 1. The maximum atomic E-state index is 3.97. The maximum Gasteiger partial charge on any atom is 0.0817 e. The Labute approximate surface area is 69.8 Å². The van der Waals surface area contributed by atoms with E-state index in [2.05, 4.69) is 19.6 Å². The van der Waals surface area contributed by atoms with Gasteiger partial charge in [-0.1, -0.05) is 0 Å². The molecule has 1 aliphatic rings. The van der Waals surface area contributed by atoms with E-state index in [1.165, 1.54) is 25.9 Å². The van der Waals surface area contributed by atoms with Gasteiger partial charge in [-0.25, -0.2) is 0 Å². The predicted molar refractivity (Wildman–Crippen MR) is 46.3 cm³/mol. The van der Waals surface area contributed by atoms with E-state index in [9.17, 15) is 0 Å². The van der Waals surface area contributed by atoms with Crippen molar-refractivity contribution in [3.63, 3.8) is 0 Å². The average molecular weight is 158 g/mol. The first-order valence-corrected chi connectivity index (χ1v) is 4.88. The van der Waals surface area contributed by atoms with E-state index in [-0.39, 0.29) is 0 Å². The van der Waals surface area contributed by atoms with Crippen LogP contribution in [0.1, 0.15) is 26.7 Å². The van der Waals surface area contributed by atoms with E-state index in [0.717, 1.165) is 18.5 Å². The smallest absolute Gasteiger partial charge is 0.0817 e. The highest BCUT2D eigenvalue weighted by Gasteiger charge is 2.23. The fourth-order valence-electron chi connectivity index (χ4n) is 1.91. The topological polar surface area (TPSA) is 32.1 Å². The van der Waals surface area contributed by atoms with Gasteiger partial charge in [-0.05, 0) is 13.8 Å². The molecule has 66 valence electrons. The van der Waals surface area contributed by atoms with Crippen molar-refractivity contribution in [2.75, 3.05) is 19.6 Å². The summed E-state index contributed by atoms with van der Waals surface area (Å²) in [5.74, 6) is 0.928. The van der Waals surface area contributed by atoms with Crippen LogP contribution in [-0.4, -0.2) is 25.7 Å². The monoisotopic (exact) mass is 158 g/mol. The lowest BCUT2D eigenvalue weighted by molar-refractivity contribution is -0.927. The van der Waals surface area contributed by atoms with Crippen molar-refractivity contribution < 1.29 is 10.6 Å². The van der Waals surface area contributed by atoms with Crippen LogP contribution < -0.4 is 10.6 Å². The van der Waals surface area contributed by atoms with E-state index < -0.39 is 0 Å². The van der Waals surface area contributed by atoms with Crippen LogP contribution in [0.5, 0.6) is 0 Å². The summed E-state index contributed by atoms with van der Waals surface area (Å²) in [7, 11) is 0. The van der Waals surface area contributed by atoms with E-state index in [1.54, 1.807) is 4.90 Å². The quantitative estimate of drug-likeness (QED) is 0.513. The second-order valence-corrected chi connectivity index (χ2v) is 4.04. The van der Waals surface area contributed by atoms with Gasteiger partial charge in [0.2, 0.25) is 0 Å². The Morgan fingerprint density at radius 3 is 2.27 bits per heavy atom. The highest BCUT2D eigenvalue weighted by molar-refractivity contribution is 4.60. The third-order valence-electron chi connectivity index (χ3n) is 2.97. The molecule has 4 N–H and O–H groups in total. The Hall–Kier alpha value is -0.0800. The van der Waals surface area contributed by atoms with E-state index in [1.807, 2.05) is 0 Å². The second kappa shape index (κ2) is 4.07. The summed E-state index contributed by atoms with van der Waals surface area (Å²) in [4.78, 5) is 1.79. The Morgan fingerprint density at radius 1 is 1.36 bits per heavy atom. The van der Waals surface area contributed by atoms with Crippen LogP contribution in [0.4, 0.5) is 0 Å². The molecule has 2 nitrogen and oxygen atoms in total. The molecule has 1 saturated heterocycles. The Balaban J connectivity index is 2.24. The molecule has 0 aromatic rings. The Bertz CT molecular complexity index is 104. The van der Waals surface area contributed by atoms with Gasteiger partial charge in [-0.3, -0.25) is 0 Å². The third-order valence-corrected chi connectivity index (χ3v) is 2.97. The number of likely N-dealkylation sites (tertiary alicyclic amines) is 1. The van der Waals surface area contributed by atoms with Crippen LogP contribution in [0.2, 0.25) is 0 Å². The first-order valence-electron chi connectivity index (χ1n) is 4.88. The average Bonchev–Trinajstić information content (AvgIpc) is 2.05. The lowest BCUT2D eigenvalue weighted by Crippen LogP contribution is -3.16. The van der Waals surface area contributed by atoms with E-state index >= 15 is 0 Å². The summed E-state index contributed by atoms with van der Waals surface area (Å²) in [6.07, 6.45) is 2.80. The minimum Gasteiger partial charge on any atom is -0.357 e. The number of nitrogens with one attached hydrogen (secondary N) is 1. The molecule has 1 heterocycles. The lowest BCUT2D eigenvalue weighted by Gasteiger charge is -2.30. The molecule has 0 radical (unpaired) electrons. The summed E-state index contributed by atoms with van der Waals surface area (Å²) < 4.78 is 0. The molecule has 0 aromatic heterocycles. The Kier molecular flexibility index (Phi) is 3.34. The van der Waals surface area contributed by atoms with Crippen LogP contribution >= 0.6 is 0 Å². The van der Waals surface area contributed by atoms with Crippen LogP contribution in [0.25, 0.3) is 0 Å². The Morgan fingerprint density at radius 2 is 1.91 bits per heavy atom. The SMILES string of the molecule is CC(C)[NH+]1CCC(C[NH3+])CC1. The highest BCUT2D eigenvalue weighted by atomic mass is 15.1. The maximum absolute atomic E-state index is 3.97. The minimum absolute atomic E-state index is 0.820. The summed E-state index contributed by atoms with van der Waals surface area (Å²) in [6.45, 7) is 8.53. The standard InChI is InChI=1S/C9H20N2/c1-8(2)11-5-3-9(7-10)4-6-11/h8-9H,3-7,10H2,1-2H3/p+2. The van der Waals surface area contributed by atoms with Crippen molar-refractivity contribution in [2.24, 2.45) is 5.92 Å². The molecule has 1 rings (SSSR count). The molecule has 0 aliphatic carbocycles. The van der Waals surface area contributed by atoms with Gasteiger partial charge in [-0.15, -0.1) is 0 Å². The molecule has 0 spiro atoms. The van der Waals surface area contributed by atoms with Gasteiger partial charge in [0.25, 0.3) is 0 Å². The van der Waals surface area contributed by atoms with E-state index in [0.29, 0.717) is 0 Å². The van der Waals surface area contributed by atoms with Gasteiger partial charge in [0.05, 0.1) is 25.7 Å². The number of rotatable bonds is 2. The second-order valence-electron chi connectivity index (χ2n) is 4.04. The molecule has 11 heavy (non-hydrogen) atoms. The molecule has 0 aromatic carbocycles. The van der Waals surface area contributed by atoms with Crippen molar-refractivity contribution in [1.82, 2.24) is 0 Å². The van der Waals surface area contributed by atoms with Crippen LogP contribution in [0, 0.1) is 5.92 Å². The fraction of sp³-hybridized carbons (Fsp3) is 1.00. The van der Waals surface area contributed by atoms with Crippen molar-refractivity contribution in [2.45, 2.75) is 32.7 Å². The summed E-state index contributed by atoms with van der Waals surface area (Å²) in [5, 5.41) is 0. The van der Waals surface area contributed by atoms with Crippen LogP contribution in [0.15, 0.2) is 0 Å². The predicted octanol–water partition coefficient (Wildman–Crippen LogP) is -1.07. The first kappa shape index (κ1) is 9.01. The zero-order chi connectivity index (χ0) is 8.27. The lowest BCUT2D eigenvalue weighted by atomic mass is 9.96. The molecule has 1 aliphatic heterocycles. The molecule has 1 fully saturated rings. The van der Waals surface area contributed by atoms with Gasteiger partial charge < -0.3 is 10.6 Å². The molecule has 0 bridgehead atoms.